The fourth-order valence-electron chi connectivity index (χ4n) is 3.39. The molecule has 0 saturated carbocycles. The van der Waals surface area contributed by atoms with Crippen LogP contribution in [0.3, 0.4) is 0 Å². The summed E-state index contributed by atoms with van der Waals surface area (Å²) in [5, 5.41) is 2.89. The second-order valence-electron chi connectivity index (χ2n) is 6.60. The molecule has 0 radical (unpaired) electrons. The highest BCUT2D eigenvalue weighted by atomic mass is 35.5. The van der Waals surface area contributed by atoms with Gasteiger partial charge >= 0.3 is 0 Å². The van der Waals surface area contributed by atoms with Crippen LogP contribution in [0.25, 0.3) is 0 Å². The van der Waals surface area contributed by atoms with E-state index >= 15 is 0 Å². The van der Waals surface area contributed by atoms with Gasteiger partial charge in [0, 0.05) is 34.4 Å². The molecule has 5 nitrogen and oxygen atoms in total. The fraction of sp³-hybridized carbons (Fsp3) is 0.318. The average Bonchev–Trinajstić information content (AvgIpc) is 2.71. The number of rotatable bonds is 7. The summed E-state index contributed by atoms with van der Waals surface area (Å²) < 4.78 is 0. The van der Waals surface area contributed by atoms with Crippen molar-refractivity contribution in [2.24, 2.45) is 0 Å². The Morgan fingerprint density at radius 1 is 0.893 bits per heavy atom. The van der Waals surface area contributed by atoms with Crippen LogP contribution in [0.5, 0.6) is 0 Å². The summed E-state index contributed by atoms with van der Waals surface area (Å²) in [7, 11) is 0. The van der Waals surface area contributed by atoms with Crippen molar-refractivity contribution >= 4 is 29.9 Å². The van der Waals surface area contributed by atoms with Gasteiger partial charge in [-0.05, 0) is 44.3 Å². The van der Waals surface area contributed by atoms with Crippen LogP contribution in [0.15, 0.2) is 42.5 Å². The Hall–Kier alpha value is -2.50. The van der Waals surface area contributed by atoms with Gasteiger partial charge in [0.05, 0.1) is 0 Å². The van der Waals surface area contributed by atoms with Crippen LogP contribution >= 0.6 is 12.4 Å². The van der Waals surface area contributed by atoms with E-state index < -0.39 is 0 Å². The monoisotopic (exact) mass is 400 g/mol. The maximum absolute atomic E-state index is 12.7. The maximum atomic E-state index is 12.7. The van der Waals surface area contributed by atoms with Gasteiger partial charge in [0.25, 0.3) is 5.91 Å². The maximum Gasteiger partial charge on any atom is 0.251 e. The first-order chi connectivity index (χ1) is 13.1. The molecule has 0 unspecified atom stereocenters. The Morgan fingerprint density at radius 3 is 2.07 bits per heavy atom. The second kappa shape index (κ2) is 9.62. The van der Waals surface area contributed by atoms with Crippen molar-refractivity contribution < 1.29 is 14.4 Å². The SMILES string of the molecule is CCN(CC)CCCNC(=O)c1ccc2c(c1)C(=O)c1ccccc1C2=O.Cl. The van der Waals surface area contributed by atoms with Crippen LogP contribution in [-0.2, 0) is 0 Å². The summed E-state index contributed by atoms with van der Waals surface area (Å²) in [5.74, 6) is -0.612. The molecule has 6 heteroatoms. The molecule has 0 heterocycles. The Bertz CT molecular complexity index is 891. The molecule has 148 valence electrons. The first-order valence-electron chi connectivity index (χ1n) is 9.39. The zero-order valence-electron chi connectivity index (χ0n) is 16.2. The molecule has 1 N–H and O–H groups in total. The normalized spacial score (nSPS) is 12.2. The molecule has 1 aliphatic carbocycles. The third-order valence-electron chi connectivity index (χ3n) is 5.02. The van der Waals surface area contributed by atoms with Crippen LogP contribution in [0.2, 0.25) is 0 Å². The predicted octanol–water partition coefficient (Wildman–Crippen LogP) is 3.35. The molecule has 0 spiro atoms. The van der Waals surface area contributed by atoms with E-state index in [0.717, 1.165) is 26.1 Å². The highest BCUT2D eigenvalue weighted by Crippen LogP contribution is 2.27. The molecular weight excluding hydrogens is 376 g/mol. The van der Waals surface area contributed by atoms with Gasteiger partial charge in [-0.3, -0.25) is 14.4 Å². The summed E-state index contributed by atoms with van der Waals surface area (Å²) in [4.78, 5) is 40.1. The van der Waals surface area contributed by atoms with Crippen molar-refractivity contribution in [3.05, 3.63) is 70.3 Å². The first kappa shape index (κ1) is 21.8. The zero-order chi connectivity index (χ0) is 19.4. The van der Waals surface area contributed by atoms with E-state index in [0.29, 0.717) is 34.4 Å². The lowest BCUT2D eigenvalue weighted by Crippen LogP contribution is -2.30. The Balaban J connectivity index is 0.00000280. The number of halogens is 1. The third-order valence-corrected chi connectivity index (χ3v) is 5.02. The fourth-order valence-corrected chi connectivity index (χ4v) is 3.39. The number of nitrogens with zero attached hydrogens (tertiary/aromatic N) is 1. The summed E-state index contributed by atoms with van der Waals surface area (Å²) in [6.45, 7) is 7.72. The van der Waals surface area contributed by atoms with Crippen molar-refractivity contribution in [1.29, 1.82) is 0 Å². The van der Waals surface area contributed by atoms with Gasteiger partial charge < -0.3 is 10.2 Å². The molecule has 1 amide bonds. The van der Waals surface area contributed by atoms with Crippen LogP contribution in [0.1, 0.15) is 62.5 Å². The van der Waals surface area contributed by atoms with E-state index in [1.54, 1.807) is 36.4 Å². The molecular formula is C22H25ClN2O3. The molecule has 3 rings (SSSR count). The van der Waals surface area contributed by atoms with E-state index in [4.69, 9.17) is 0 Å². The Morgan fingerprint density at radius 2 is 1.46 bits per heavy atom. The van der Waals surface area contributed by atoms with E-state index in [-0.39, 0.29) is 29.9 Å². The third kappa shape index (κ3) is 4.32. The highest BCUT2D eigenvalue weighted by Gasteiger charge is 2.29. The minimum Gasteiger partial charge on any atom is -0.352 e. The summed E-state index contributed by atoms with van der Waals surface area (Å²) in [5.41, 5.74) is 1.87. The molecule has 2 aromatic rings. The lowest BCUT2D eigenvalue weighted by atomic mass is 9.83. The molecule has 0 saturated heterocycles. The lowest BCUT2D eigenvalue weighted by Gasteiger charge is -2.18. The van der Waals surface area contributed by atoms with Crippen LogP contribution in [-0.4, -0.2) is 48.6 Å². The summed E-state index contributed by atoms with van der Waals surface area (Å²) in [6.07, 6.45) is 0.864. The minimum absolute atomic E-state index is 0. The van der Waals surface area contributed by atoms with Crippen molar-refractivity contribution in [2.75, 3.05) is 26.2 Å². The molecule has 28 heavy (non-hydrogen) atoms. The number of ketones is 2. The van der Waals surface area contributed by atoms with Gasteiger partial charge in [-0.15, -0.1) is 12.4 Å². The number of hydrogen-bond donors (Lipinski definition) is 1. The second-order valence-corrected chi connectivity index (χ2v) is 6.60. The largest absolute Gasteiger partial charge is 0.352 e. The Kier molecular flexibility index (Phi) is 7.49. The van der Waals surface area contributed by atoms with Crippen molar-refractivity contribution in [3.63, 3.8) is 0 Å². The Labute approximate surface area is 171 Å². The number of carbonyl (C=O) groups is 3. The van der Waals surface area contributed by atoms with Gasteiger partial charge in [-0.2, -0.15) is 0 Å². The van der Waals surface area contributed by atoms with Crippen LogP contribution in [0.4, 0.5) is 0 Å². The van der Waals surface area contributed by atoms with Gasteiger partial charge in [0.15, 0.2) is 11.6 Å². The number of nitrogens with one attached hydrogen (secondary N) is 1. The smallest absolute Gasteiger partial charge is 0.251 e. The zero-order valence-corrected chi connectivity index (χ0v) is 17.0. The highest BCUT2D eigenvalue weighted by molar-refractivity contribution is 6.28. The van der Waals surface area contributed by atoms with Gasteiger partial charge in [-0.1, -0.05) is 38.1 Å². The van der Waals surface area contributed by atoms with Crippen molar-refractivity contribution in [1.82, 2.24) is 10.2 Å². The van der Waals surface area contributed by atoms with Crippen molar-refractivity contribution in [3.8, 4) is 0 Å². The summed E-state index contributed by atoms with van der Waals surface area (Å²) in [6, 6.07) is 11.5. The number of fused-ring (bicyclic) bond motifs is 2. The number of amides is 1. The number of benzene rings is 2. The molecule has 0 aliphatic heterocycles. The molecule has 0 bridgehead atoms. The standard InChI is InChI=1S/C22H24N2O3.ClH/c1-3-24(4-2)13-7-12-23-22(27)15-10-11-18-19(14-15)21(26)17-9-6-5-8-16(17)20(18)25;/h5-6,8-11,14H,3-4,7,12-13H2,1-2H3,(H,23,27);1H. The van der Waals surface area contributed by atoms with E-state index in [1.165, 1.54) is 6.07 Å². The van der Waals surface area contributed by atoms with E-state index in [1.807, 2.05) is 0 Å². The van der Waals surface area contributed by atoms with E-state index in [9.17, 15) is 14.4 Å². The molecule has 0 fully saturated rings. The van der Waals surface area contributed by atoms with Crippen LogP contribution < -0.4 is 5.32 Å². The molecule has 2 aromatic carbocycles. The average molecular weight is 401 g/mol. The first-order valence-corrected chi connectivity index (χ1v) is 9.39. The molecule has 0 atom stereocenters. The van der Waals surface area contributed by atoms with Crippen LogP contribution in [0, 0.1) is 0 Å². The molecule has 1 aliphatic rings. The summed E-state index contributed by atoms with van der Waals surface area (Å²) >= 11 is 0. The van der Waals surface area contributed by atoms with Gasteiger partial charge in [0.2, 0.25) is 0 Å². The number of carbonyl (C=O) groups excluding carboxylic acids is 3. The van der Waals surface area contributed by atoms with Gasteiger partial charge in [0.1, 0.15) is 0 Å². The van der Waals surface area contributed by atoms with E-state index in [2.05, 4.69) is 24.1 Å². The lowest BCUT2D eigenvalue weighted by molar-refractivity contribution is 0.0949. The predicted molar refractivity (Wildman–Crippen MR) is 112 cm³/mol. The van der Waals surface area contributed by atoms with Gasteiger partial charge in [-0.25, -0.2) is 0 Å². The topological polar surface area (TPSA) is 66.5 Å². The molecule has 0 aromatic heterocycles. The minimum atomic E-state index is -0.226. The number of hydrogen-bond acceptors (Lipinski definition) is 4. The van der Waals surface area contributed by atoms with Crippen molar-refractivity contribution in [2.45, 2.75) is 20.3 Å². The quantitative estimate of drug-likeness (QED) is 0.617.